The molecule has 8 nitrogen and oxygen atoms in total. The van der Waals surface area contributed by atoms with Gasteiger partial charge in [-0.2, -0.15) is 0 Å². The zero-order valence-corrected chi connectivity index (χ0v) is 10.3. The van der Waals surface area contributed by atoms with Crippen molar-refractivity contribution in [1.82, 2.24) is 5.32 Å². The number of hydrogen-bond donors (Lipinski definition) is 4. The fraction of sp³-hybridized carbons (Fsp3) is 0.900. The molecule has 0 bridgehead atoms. The lowest BCUT2D eigenvalue weighted by atomic mass is 9.99. The number of methoxy groups -OCH3 is 1. The molecular weight excluding hydrogens is 246 g/mol. The smallest absolute Gasteiger partial charge is 0.407 e. The Labute approximate surface area is 104 Å². The first-order valence-electron chi connectivity index (χ1n) is 5.64. The molecule has 0 spiro atoms. The Bertz CT molecular complexity index is 273. The van der Waals surface area contributed by atoms with Crippen molar-refractivity contribution in [3.8, 4) is 0 Å². The van der Waals surface area contributed by atoms with Crippen molar-refractivity contribution in [2.45, 2.75) is 37.6 Å². The fourth-order valence-electron chi connectivity index (χ4n) is 1.68. The summed E-state index contributed by atoms with van der Waals surface area (Å²) in [6.07, 6.45) is -6.72. The molecule has 1 amide bonds. The van der Waals surface area contributed by atoms with Crippen molar-refractivity contribution in [3.63, 3.8) is 0 Å². The van der Waals surface area contributed by atoms with Crippen molar-refractivity contribution in [1.29, 1.82) is 0 Å². The maximum atomic E-state index is 11.3. The van der Waals surface area contributed by atoms with Gasteiger partial charge >= 0.3 is 6.09 Å². The summed E-state index contributed by atoms with van der Waals surface area (Å²) in [5.41, 5.74) is 0. The number of aliphatic hydroxyl groups is 3. The average Bonchev–Trinajstić information content (AvgIpc) is 2.36. The number of hydrogen-bond acceptors (Lipinski definition) is 7. The van der Waals surface area contributed by atoms with E-state index in [9.17, 15) is 15.0 Å². The summed E-state index contributed by atoms with van der Waals surface area (Å²) in [5, 5.41) is 30.8. The van der Waals surface area contributed by atoms with E-state index in [1.165, 1.54) is 7.11 Å². The molecule has 106 valence electrons. The van der Waals surface area contributed by atoms with Gasteiger partial charge in [0.25, 0.3) is 0 Å². The third kappa shape index (κ3) is 3.30. The Balaban J connectivity index is 2.71. The molecule has 0 aromatic heterocycles. The third-order valence-corrected chi connectivity index (χ3v) is 2.62. The molecule has 1 aliphatic heterocycles. The zero-order chi connectivity index (χ0) is 13.7. The van der Waals surface area contributed by atoms with Gasteiger partial charge < -0.3 is 34.8 Å². The van der Waals surface area contributed by atoms with Gasteiger partial charge in [0.15, 0.2) is 12.4 Å². The predicted molar refractivity (Wildman–Crippen MR) is 58.7 cm³/mol. The van der Waals surface area contributed by atoms with E-state index in [0.29, 0.717) is 6.54 Å². The second kappa shape index (κ2) is 6.86. The van der Waals surface area contributed by atoms with E-state index < -0.39 is 43.4 Å². The van der Waals surface area contributed by atoms with Crippen molar-refractivity contribution >= 4 is 6.09 Å². The monoisotopic (exact) mass is 265 g/mol. The summed E-state index contributed by atoms with van der Waals surface area (Å²) >= 11 is 0. The standard InChI is InChI=1S/C10H19NO7/c1-3-11-10(15)18-8-7(14)6(13)5(4-12)17-9(8)16-2/h5-9,12-14H,3-4H2,1-2H3,(H,11,15)/t5-,6-,7+,8-,9-/m1/s1. The lowest BCUT2D eigenvalue weighted by molar-refractivity contribution is -0.293. The van der Waals surface area contributed by atoms with Gasteiger partial charge in [-0.05, 0) is 6.92 Å². The van der Waals surface area contributed by atoms with Gasteiger partial charge in [-0.15, -0.1) is 0 Å². The first-order valence-corrected chi connectivity index (χ1v) is 5.64. The van der Waals surface area contributed by atoms with Crippen LogP contribution in [-0.4, -0.2) is 72.4 Å². The molecule has 0 radical (unpaired) electrons. The van der Waals surface area contributed by atoms with Crippen LogP contribution in [0.3, 0.4) is 0 Å². The number of ether oxygens (including phenoxy) is 3. The molecular formula is C10H19NO7. The minimum atomic E-state index is -1.40. The van der Waals surface area contributed by atoms with E-state index >= 15 is 0 Å². The molecule has 1 rings (SSSR count). The lowest BCUT2D eigenvalue weighted by Gasteiger charge is -2.40. The number of rotatable bonds is 4. The van der Waals surface area contributed by atoms with Gasteiger partial charge in [-0.25, -0.2) is 4.79 Å². The van der Waals surface area contributed by atoms with Gasteiger partial charge in [0.2, 0.25) is 0 Å². The van der Waals surface area contributed by atoms with Crippen LogP contribution in [0.15, 0.2) is 0 Å². The molecule has 5 atom stereocenters. The molecule has 4 N–H and O–H groups in total. The van der Waals surface area contributed by atoms with Gasteiger partial charge in [0, 0.05) is 13.7 Å². The van der Waals surface area contributed by atoms with Crippen molar-refractivity contribution in [3.05, 3.63) is 0 Å². The first-order chi connectivity index (χ1) is 8.54. The summed E-state index contributed by atoms with van der Waals surface area (Å²) in [4.78, 5) is 11.3. The molecule has 1 heterocycles. The highest BCUT2D eigenvalue weighted by atomic mass is 16.7. The Kier molecular flexibility index (Phi) is 5.76. The first kappa shape index (κ1) is 15.1. The van der Waals surface area contributed by atoms with Crippen LogP contribution in [-0.2, 0) is 14.2 Å². The van der Waals surface area contributed by atoms with E-state index in [0.717, 1.165) is 0 Å². The second-order valence-electron chi connectivity index (χ2n) is 3.84. The van der Waals surface area contributed by atoms with Crippen LogP contribution in [0.4, 0.5) is 4.79 Å². The molecule has 0 saturated carbocycles. The van der Waals surface area contributed by atoms with Crippen molar-refractivity contribution in [2.75, 3.05) is 20.3 Å². The zero-order valence-electron chi connectivity index (χ0n) is 10.3. The van der Waals surface area contributed by atoms with Crippen LogP contribution in [0.25, 0.3) is 0 Å². The van der Waals surface area contributed by atoms with E-state index in [4.69, 9.17) is 19.3 Å². The maximum absolute atomic E-state index is 11.3. The second-order valence-corrected chi connectivity index (χ2v) is 3.84. The third-order valence-electron chi connectivity index (χ3n) is 2.62. The Hall–Kier alpha value is -0.930. The number of nitrogens with one attached hydrogen (secondary N) is 1. The molecule has 1 aliphatic rings. The van der Waals surface area contributed by atoms with Crippen molar-refractivity contribution < 1.29 is 34.3 Å². The molecule has 8 heteroatoms. The average molecular weight is 265 g/mol. The van der Waals surface area contributed by atoms with Gasteiger partial charge in [-0.1, -0.05) is 0 Å². The number of alkyl carbamates (subject to hydrolysis) is 1. The molecule has 18 heavy (non-hydrogen) atoms. The quantitative estimate of drug-likeness (QED) is 0.473. The Morgan fingerprint density at radius 2 is 2.06 bits per heavy atom. The largest absolute Gasteiger partial charge is 0.438 e. The molecule has 1 saturated heterocycles. The number of carbonyl (C=O) groups is 1. The SMILES string of the molecule is CCNC(=O)O[C@H]1[C@H](OC)O[C@H](CO)[C@@H](O)[C@@H]1O. The van der Waals surface area contributed by atoms with E-state index in [1.54, 1.807) is 6.92 Å². The van der Waals surface area contributed by atoms with E-state index in [2.05, 4.69) is 5.32 Å². The van der Waals surface area contributed by atoms with Gasteiger partial charge in [0.1, 0.15) is 18.3 Å². The van der Waals surface area contributed by atoms with Crippen LogP contribution in [0, 0.1) is 0 Å². The highest BCUT2D eigenvalue weighted by molar-refractivity contribution is 5.67. The molecule has 1 fully saturated rings. The predicted octanol–water partition coefficient (Wildman–Crippen LogP) is -1.81. The lowest BCUT2D eigenvalue weighted by Crippen LogP contribution is -2.60. The minimum Gasteiger partial charge on any atom is -0.438 e. The highest BCUT2D eigenvalue weighted by Gasteiger charge is 2.46. The van der Waals surface area contributed by atoms with Crippen molar-refractivity contribution in [2.24, 2.45) is 0 Å². The van der Waals surface area contributed by atoms with Crippen LogP contribution < -0.4 is 5.32 Å². The van der Waals surface area contributed by atoms with E-state index in [1.807, 2.05) is 0 Å². The van der Waals surface area contributed by atoms with Gasteiger partial charge in [0.05, 0.1) is 6.61 Å². The minimum absolute atomic E-state index is 0.363. The summed E-state index contributed by atoms with van der Waals surface area (Å²) in [6.45, 7) is 1.59. The Morgan fingerprint density at radius 3 is 2.56 bits per heavy atom. The number of amides is 1. The number of carbonyl (C=O) groups excluding carboxylic acids is 1. The summed E-state index contributed by atoms with van der Waals surface area (Å²) in [5.74, 6) is 0. The topological polar surface area (TPSA) is 117 Å². The van der Waals surface area contributed by atoms with E-state index in [-0.39, 0.29) is 0 Å². The fourth-order valence-corrected chi connectivity index (χ4v) is 1.68. The molecule has 0 unspecified atom stereocenters. The Morgan fingerprint density at radius 1 is 1.39 bits per heavy atom. The van der Waals surface area contributed by atoms with Gasteiger partial charge in [-0.3, -0.25) is 0 Å². The maximum Gasteiger partial charge on any atom is 0.407 e. The van der Waals surface area contributed by atoms with Crippen LogP contribution in [0.1, 0.15) is 6.92 Å². The van der Waals surface area contributed by atoms with Crippen LogP contribution >= 0.6 is 0 Å². The van der Waals surface area contributed by atoms with Crippen LogP contribution in [0.5, 0.6) is 0 Å². The summed E-state index contributed by atoms with van der Waals surface area (Å²) in [6, 6.07) is 0. The molecule has 0 aromatic carbocycles. The van der Waals surface area contributed by atoms with Crippen LogP contribution in [0.2, 0.25) is 0 Å². The highest BCUT2D eigenvalue weighted by Crippen LogP contribution is 2.23. The molecule has 0 aromatic rings. The number of aliphatic hydroxyl groups excluding tert-OH is 3. The summed E-state index contributed by atoms with van der Waals surface area (Å²) < 4.78 is 15.0. The molecule has 0 aliphatic carbocycles. The summed E-state index contributed by atoms with van der Waals surface area (Å²) in [7, 11) is 1.30. The normalized spacial score (nSPS) is 36.2.